The van der Waals surface area contributed by atoms with E-state index in [4.69, 9.17) is 20.9 Å². The summed E-state index contributed by atoms with van der Waals surface area (Å²) in [6.07, 6.45) is 0.631. The Hall–Kier alpha value is -3.40. The van der Waals surface area contributed by atoms with Gasteiger partial charge in [-0.25, -0.2) is 14.8 Å². The summed E-state index contributed by atoms with van der Waals surface area (Å²) in [6.45, 7) is 5.08. The van der Waals surface area contributed by atoms with Crippen molar-refractivity contribution in [2.75, 3.05) is 37.9 Å². The third kappa shape index (κ3) is 6.31. The molecule has 0 bridgehead atoms. The highest BCUT2D eigenvalue weighted by Gasteiger charge is 2.18. The van der Waals surface area contributed by atoms with Crippen LogP contribution in [-0.4, -0.2) is 48.7 Å². The average Bonchev–Trinajstić information content (AvgIpc) is 2.73. The van der Waals surface area contributed by atoms with Gasteiger partial charge in [0.2, 0.25) is 11.8 Å². The van der Waals surface area contributed by atoms with Crippen molar-refractivity contribution >= 4 is 23.3 Å². The number of hydrogen-bond donors (Lipinski definition) is 3. The summed E-state index contributed by atoms with van der Waals surface area (Å²) in [4.78, 5) is 32.8. The van der Waals surface area contributed by atoms with E-state index in [9.17, 15) is 9.59 Å². The van der Waals surface area contributed by atoms with Crippen molar-refractivity contribution in [1.29, 1.82) is 0 Å². The van der Waals surface area contributed by atoms with Gasteiger partial charge in [-0.05, 0) is 43.1 Å². The van der Waals surface area contributed by atoms with Crippen LogP contribution in [0.3, 0.4) is 0 Å². The van der Waals surface area contributed by atoms with Gasteiger partial charge in [-0.2, -0.15) is 0 Å². The smallest absolute Gasteiger partial charge is 0.356 e. The van der Waals surface area contributed by atoms with Gasteiger partial charge in [0.1, 0.15) is 11.4 Å². The number of methoxy groups -OCH3 is 1. The molecule has 162 valence electrons. The number of carbonyl (C=O) groups excluding carboxylic acids is 2. The van der Waals surface area contributed by atoms with Crippen LogP contribution in [0.2, 0.25) is 0 Å². The van der Waals surface area contributed by atoms with Crippen LogP contribution >= 0.6 is 0 Å². The summed E-state index contributed by atoms with van der Waals surface area (Å²) in [5.74, 6) is -0.645. The van der Waals surface area contributed by atoms with Gasteiger partial charge in [0, 0.05) is 0 Å². The van der Waals surface area contributed by atoms with Crippen LogP contribution in [0.15, 0.2) is 24.3 Å². The lowest BCUT2D eigenvalue weighted by molar-refractivity contribution is 0.0592. The Morgan fingerprint density at radius 3 is 2.43 bits per heavy atom. The number of anilines is 2. The Bertz CT molecular complexity index is 888. The number of nitrogen functional groups attached to an aromatic ring is 1. The molecule has 2 aromatic heterocycles. The fourth-order valence-electron chi connectivity index (χ4n) is 2.24. The predicted molar refractivity (Wildman–Crippen MR) is 112 cm³/mol. The van der Waals surface area contributed by atoms with E-state index < -0.39 is 11.9 Å². The number of amides is 1. The Morgan fingerprint density at radius 1 is 1.07 bits per heavy atom. The standard InChI is InChI=1S/C20H27N5O5/c1-12(2)11-30-19-15(7-8-16(25-19)20(27)28-3)23-17(26)14-6-5-13(22)18(24-14)29-10-4-9-21/h5-8,12H,4,9-11,21-22H2,1-3H3,(H,23,26). The van der Waals surface area contributed by atoms with E-state index in [-0.39, 0.29) is 34.8 Å². The van der Waals surface area contributed by atoms with Crippen LogP contribution in [0.25, 0.3) is 0 Å². The number of rotatable bonds is 10. The topological polar surface area (TPSA) is 152 Å². The van der Waals surface area contributed by atoms with Gasteiger partial charge in [0.15, 0.2) is 5.69 Å². The molecule has 0 unspecified atom stereocenters. The molecule has 1 amide bonds. The number of carbonyl (C=O) groups is 2. The SMILES string of the molecule is COC(=O)c1ccc(NC(=O)c2ccc(N)c(OCCCN)n2)c(OCC(C)C)n1. The van der Waals surface area contributed by atoms with Crippen LogP contribution in [-0.2, 0) is 4.74 Å². The second kappa shape index (κ2) is 11.0. The molecular weight excluding hydrogens is 390 g/mol. The number of ether oxygens (including phenoxy) is 3. The number of nitrogens with two attached hydrogens (primary N) is 2. The number of hydrogen-bond acceptors (Lipinski definition) is 9. The molecule has 0 radical (unpaired) electrons. The average molecular weight is 417 g/mol. The molecule has 0 spiro atoms. The normalized spacial score (nSPS) is 10.6. The third-order valence-corrected chi connectivity index (χ3v) is 3.77. The second-order valence-electron chi connectivity index (χ2n) is 6.78. The zero-order chi connectivity index (χ0) is 22.1. The first-order valence-corrected chi connectivity index (χ1v) is 9.48. The zero-order valence-corrected chi connectivity index (χ0v) is 17.3. The molecule has 30 heavy (non-hydrogen) atoms. The molecule has 0 saturated heterocycles. The van der Waals surface area contributed by atoms with Gasteiger partial charge >= 0.3 is 5.97 Å². The lowest BCUT2D eigenvalue weighted by Gasteiger charge is -2.14. The quantitative estimate of drug-likeness (QED) is 0.388. The minimum Gasteiger partial charge on any atom is -0.476 e. The van der Waals surface area contributed by atoms with Crippen molar-refractivity contribution < 1.29 is 23.8 Å². The van der Waals surface area contributed by atoms with Gasteiger partial charge in [-0.3, -0.25) is 4.79 Å². The Balaban J connectivity index is 2.24. The first-order valence-electron chi connectivity index (χ1n) is 9.48. The molecule has 0 aromatic carbocycles. The summed E-state index contributed by atoms with van der Waals surface area (Å²) < 4.78 is 15.8. The van der Waals surface area contributed by atoms with Gasteiger partial charge in [-0.15, -0.1) is 0 Å². The summed E-state index contributed by atoms with van der Waals surface area (Å²) >= 11 is 0. The summed E-state index contributed by atoms with van der Waals surface area (Å²) in [5.41, 5.74) is 12.1. The van der Waals surface area contributed by atoms with Crippen molar-refractivity contribution in [2.45, 2.75) is 20.3 Å². The molecule has 10 heteroatoms. The molecule has 0 aliphatic heterocycles. The van der Waals surface area contributed by atoms with Crippen LogP contribution in [0.5, 0.6) is 11.8 Å². The maximum atomic E-state index is 12.7. The second-order valence-corrected chi connectivity index (χ2v) is 6.78. The monoisotopic (exact) mass is 417 g/mol. The number of nitrogens with one attached hydrogen (secondary N) is 1. The minimum atomic E-state index is -0.609. The van der Waals surface area contributed by atoms with Crippen LogP contribution in [0.1, 0.15) is 41.2 Å². The Morgan fingerprint density at radius 2 is 1.77 bits per heavy atom. The first kappa shape index (κ1) is 22.9. The maximum Gasteiger partial charge on any atom is 0.356 e. The highest BCUT2D eigenvalue weighted by Crippen LogP contribution is 2.25. The zero-order valence-electron chi connectivity index (χ0n) is 17.3. The molecular formula is C20H27N5O5. The van der Waals surface area contributed by atoms with E-state index in [1.807, 2.05) is 13.8 Å². The summed E-state index contributed by atoms with van der Waals surface area (Å²) in [6, 6.07) is 5.96. The van der Waals surface area contributed by atoms with E-state index in [2.05, 4.69) is 20.0 Å². The lowest BCUT2D eigenvalue weighted by atomic mass is 10.2. The van der Waals surface area contributed by atoms with Crippen LogP contribution in [0, 0.1) is 5.92 Å². The molecule has 0 saturated carbocycles. The van der Waals surface area contributed by atoms with Gasteiger partial charge in [-0.1, -0.05) is 13.8 Å². The lowest BCUT2D eigenvalue weighted by Crippen LogP contribution is -2.18. The Labute approximate surface area is 174 Å². The highest BCUT2D eigenvalue weighted by molar-refractivity contribution is 6.04. The van der Waals surface area contributed by atoms with Crippen LogP contribution < -0.4 is 26.3 Å². The van der Waals surface area contributed by atoms with E-state index in [0.29, 0.717) is 31.9 Å². The third-order valence-electron chi connectivity index (χ3n) is 3.77. The van der Waals surface area contributed by atoms with Crippen molar-refractivity contribution in [1.82, 2.24) is 9.97 Å². The number of esters is 1. The van der Waals surface area contributed by atoms with E-state index >= 15 is 0 Å². The van der Waals surface area contributed by atoms with Crippen molar-refractivity contribution in [3.05, 3.63) is 35.7 Å². The maximum absolute atomic E-state index is 12.7. The summed E-state index contributed by atoms with van der Waals surface area (Å²) in [7, 11) is 1.26. The number of pyridine rings is 2. The van der Waals surface area contributed by atoms with Gasteiger partial charge < -0.3 is 31.0 Å². The van der Waals surface area contributed by atoms with Crippen LogP contribution in [0.4, 0.5) is 11.4 Å². The predicted octanol–water partition coefficient (Wildman–Crippen LogP) is 1.86. The fraction of sp³-hybridized carbons (Fsp3) is 0.400. The van der Waals surface area contributed by atoms with Gasteiger partial charge in [0.25, 0.3) is 5.91 Å². The largest absolute Gasteiger partial charge is 0.476 e. The molecule has 0 aliphatic rings. The molecule has 2 rings (SSSR count). The molecule has 0 atom stereocenters. The molecule has 2 aromatic rings. The minimum absolute atomic E-state index is 0.0652. The molecule has 0 aliphatic carbocycles. The molecule has 0 fully saturated rings. The van der Waals surface area contributed by atoms with E-state index in [0.717, 1.165) is 0 Å². The molecule has 5 N–H and O–H groups in total. The highest BCUT2D eigenvalue weighted by atomic mass is 16.5. The van der Waals surface area contributed by atoms with E-state index in [1.54, 1.807) is 0 Å². The molecule has 2 heterocycles. The Kier molecular flexibility index (Phi) is 8.36. The summed E-state index contributed by atoms with van der Waals surface area (Å²) in [5, 5.41) is 2.69. The first-order chi connectivity index (χ1) is 14.3. The number of aromatic nitrogens is 2. The van der Waals surface area contributed by atoms with Crippen molar-refractivity contribution in [3.8, 4) is 11.8 Å². The van der Waals surface area contributed by atoms with Gasteiger partial charge in [0.05, 0.1) is 26.0 Å². The van der Waals surface area contributed by atoms with Crippen molar-refractivity contribution in [2.24, 2.45) is 11.7 Å². The fourth-order valence-corrected chi connectivity index (χ4v) is 2.24. The van der Waals surface area contributed by atoms with Crippen molar-refractivity contribution in [3.63, 3.8) is 0 Å². The number of nitrogens with zero attached hydrogens (tertiary/aromatic N) is 2. The van der Waals surface area contributed by atoms with E-state index in [1.165, 1.54) is 31.4 Å². The molecule has 10 nitrogen and oxygen atoms in total.